The van der Waals surface area contributed by atoms with E-state index < -0.39 is 0 Å². The van der Waals surface area contributed by atoms with Gasteiger partial charge in [-0.25, -0.2) is 14.8 Å². The average Bonchev–Trinajstić information content (AvgIpc) is 3.52. The lowest BCUT2D eigenvalue weighted by Gasteiger charge is -2.25. The van der Waals surface area contributed by atoms with Crippen LogP contribution >= 0.6 is 0 Å². The lowest BCUT2D eigenvalue weighted by molar-refractivity contribution is 0.317. The van der Waals surface area contributed by atoms with Crippen molar-refractivity contribution < 1.29 is 0 Å². The van der Waals surface area contributed by atoms with Gasteiger partial charge in [-0.15, -0.1) is 5.10 Å². The van der Waals surface area contributed by atoms with Crippen LogP contribution in [-0.2, 0) is 13.0 Å². The Balaban J connectivity index is 1.36. The summed E-state index contributed by atoms with van der Waals surface area (Å²) in [6.07, 6.45) is 5.56. The van der Waals surface area contributed by atoms with E-state index in [1.807, 2.05) is 18.2 Å². The highest BCUT2D eigenvalue weighted by Gasteiger charge is 2.22. The van der Waals surface area contributed by atoms with Gasteiger partial charge in [0, 0.05) is 23.9 Å². The minimum atomic E-state index is 0.309. The maximum Gasteiger partial charge on any atom is 0.180 e. The van der Waals surface area contributed by atoms with Crippen molar-refractivity contribution in [2.75, 3.05) is 0 Å². The van der Waals surface area contributed by atoms with E-state index in [9.17, 15) is 0 Å². The van der Waals surface area contributed by atoms with Gasteiger partial charge in [-0.3, -0.25) is 0 Å². The van der Waals surface area contributed by atoms with Crippen LogP contribution < -0.4 is 5.73 Å². The monoisotopic (exact) mass is 456 g/mol. The van der Waals surface area contributed by atoms with E-state index in [-0.39, 0.29) is 0 Å². The molecule has 8 nitrogen and oxygen atoms in total. The van der Waals surface area contributed by atoms with E-state index in [4.69, 9.17) is 15.8 Å². The molecule has 34 heavy (non-hydrogen) atoms. The molecular weight excluding hydrogens is 424 g/mol. The molecule has 5 rings (SSSR count). The molecule has 0 saturated heterocycles. The van der Waals surface area contributed by atoms with Crippen LogP contribution in [0.4, 0.5) is 0 Å². The summed E-state index contributed by atoms with van der Waals surface area (Å²) in [4.78, 5) is 4.92. The third-order valence-electron chi connectivity index (χ3n) is 6.77. The number of hydrogen-bond donors (Lipinski definition) is 2. The Hall–Kier alpha value is -3.39. The molecule has 1 aliphatic rings. The fraction of sp³-hybridized carbons (Fsp3) is 0.423. The van der Waals surface area contributed by atoms with Crippen molar-refractivity contribution in [1.82, 2.24) is 35.4 Å². The van der Waals surface area contributed by atoms with Crippen molar-refractivity contribution in [3.63, 3.8) is 0 Å². The molecule has 3 N–H and O–H groups in total. The molecule has 0 spiro atoms. The van der Waals surface area contributed by atoms with Crippen LogP contribution in [0.3, 0.4) is 0 Å². The predicted octanol–water partition coefficient (Wildman–Crippen LogP) is 4.36. The molecule has 1 fully saturated rings. The molecule has 0 radical (unpaired) electrons. The Kier molecular flexibility index (Phi) is 6.49. The van der Waals surface area contributed by atoms with Gasteiger partial charge in [-0.1, -0.05) is 62.4 Å². The van der Waals surface area contributed by atoms with Gasteiger partial charge in [0.25, 0.3) is 0 Å². The van der Waals surface area contributed by atoms with E-state index in [0.29, 0.717) is 23.7 Å². The van der Waals surface area contributed by atoms with Gasteiger partial charge >= 0.3 is 0 Å². The van der Waals surface area contributed by atoms with Crippen LogP contribution in [0.15, 0.2) is 48.5 Å². The first kappa shape index (κ1) is 22.4. The first-order valence-corrected chi connectivity index (χ1v) is 12.2. The minimum Gasteiger partial charge on any atom is -0.328 e. The van der Waals surface area contributed by atoms with Crippen LogP contribution in [0.1, 0.15) is 62.7 Å². The van der Waals surface area contributed by atoms with E-state index in [1.54, 1.807) is 0 Å². The zero-order valence-electron chi connectivity index (χ0n) is 19.9. The maximum absolute atomic E-state index is 6.11. The fourth-order valence-corrected chi connectivity index (χ4v) is 4.74. The Bertz CT molecular complexity index is 1200. The number of benzene rings is 2. The summed E-state index contributed by atoms with van der Waals surface area (Å²) in [5, 5.41) is 19.3. The van der Waals surface area contributed by atoms with Crippen molar-refractivity contribution in [2.24, 2.45) is 11.7 Å². The number of aromatic amines is 1. The van der Waals surface area contributed by atoms with E-state index in [0.717, 1.165) is 54.1 Å². The van der Waals surface area contributed by atoms with Crippen molar-refractivity contribution in [1.29, 1.82) is 0 Å². The van der Waals surface area contributed by atoms with Gasteiger partial charge in [0.05, 0.1) is 6.54 Å². The second kappa shape index (κ2) is 9.85. The molecule has 176 valence electrons. The SMILES string of the molecule is CC(C)c1nc(CC2CCC(N)CC2)n(Cc2ccc(-c3ccccc3-c3nnn[nH]3)cc2)n1. The Morgan fingerprint density at radius 3 is 2.41 bits per heavy atom. The Morgan fingerprint density at radius 1 is 1.00 bits per heavy atom. The third-order valence-corrected chi connectivity index (χ3v) is 6.77. The number of nitrogens with zero attached hydrogens (tertiary/aromatic N) is 6. The second-order valence-corrected chi connectivity index (χ2v) is 9.68. The van der Waals surface area contributed by atoms with Crippen molar-refractivity contribution in [2.45, 2.75) is 64.5 Å². The topological polar surface area (TPSA) is 111 Å². The van der Waals surface area contributed by atoms with Crippen LogP contribution in [0.5, 0.6) is 0 Å². The van der Waals surface area contributed by atoms with E-state index in [2.05, 4.69) is 69.5 Å². The summed E-state index contributed by atoms with van der Waals surface area (Å²) in [5.41, 5.74) is 10.5. The standard InChI is InChI=1S/C26H32N8/c1-17(2)25-28-24(15-18-9-13-21(27)14-10-18)34(31-25)16-19-7-11-20(12-8-19)22-5-3-4-6-23(22)26-29-32-33-30-26/h3-8,11-12,17-18,21H,9-10,13-16,27H2,1-2H3,(H,29,30,32,33). The molecule has 2 aromatic heterocycles. The highest BCUT2D eigenvalue weighted by Crippen LogP contribution is 2.30. The number of H-pyrrole nitrogens is 1. The third kappa shape index (κ3) is 4.92. The van der Waals surface area contributed by atoms with Crippen LogP contribution in [-0.4, -0.2) is 41.4 Å². The molecule has 8 heteroatoms. The number of nitrogens with two attached hydrogens (primary N) is 1. The van der Waals surface area contributed by atoms with Crippen LogP contribution in [0, 0.1) is 5.92 Å². The zero-order chi connectivity index (χ0) is 23.5. The number of hydrogen-bond acceptors (Lipinski definition) is 6. The lowest BCUT2D eigenvalue weighted by atomic mass is 9.84. The first-order valence-electron chi connectivity index (χ1n) is 12.2. The second-order valence-electron chi connectivity index (χ2n) is 9.68. The molecule has 0 aliphatic heterocycles. The summed E-state index contributed by atoms with van der Waals surface area (Å²) < 4.78 is 2.10. The van der Waals surface area contributed by atoms with Gasteiger partial charge in [-0.2, -0.15) is 5.10 Å². The first-order chi connectivity index (χ1) is 16.6. The maximum atomic E-state index is 6.11. The Morgan fingerprint density at radius 2 is 1.74 bits per heavy atom. The summed E-state index contributed by atoms with van der Waals surface area (Å²) in [7, 11) is 0. The van der Waals surface area contributed by atoms with Crippen LogP contribution in [0.25, 0.3) is 22.5 Å². The fourth-order valence-electron chi connectivity index (χ4n) is 4.74. The van der Waals surface area contributed by atoms with Gasteiger partial charge in [-0.05, 0) is 58.7 Å². The Labute approximate surface area is 200 Å². The normalized spacial score (nSPS) is 18.5. The molecular formula is C26H32N8. The quantitative estimate of drug-likeness (QED) is 0.427. The highest BCUT2D eigenvalue weighted by molar-refractivity contribution is 5.80. The van der Waals surface area contributed by atoms with E-state index >= 15 is 0 Å². The summed E-state index contributed by atoms with van der Waals surface area (Å²) in [6.45, 7) is 5.02. The number of nitrogens with one attached hydrogen (secondary N) is 1. The lowest BCUT2D eigenvalue weighted by Crippen LogP contribution is -2.27. The summed E-state index contributed by atoms with van der Waals surface area (Å²) >= 11 is 0. The molecule has 1 saturated carbocycles. The van der Waals surface area contributed by atoms with Gasteiger partial charge in [0.1, 0.15) is 5.82 Å². The van der Waals surface area contributed by atoms with Crippen molar-refractivity contribution in [3.05, 3.63) is 65.7 Å². The van der Waals surface area contributed by atoms with Gasteiger partial charge in [0.15, 0.2) is 11.6 Å². The molecule has 0 unspecified atom stereocenters. The van der Waals surface area contributed by atoms with Gasteiger partial charge in [0.2, 0.25) is 0 Å². The zero-order valence-corrected chi connectivity index (χ0v) is 19.9. The molecule has 0 amide bonds. The smallest absolute Gasteiger partial charge is 0.180 e. The van der Waals surface area contributed by atoms with Crippen molar-refractivity contribution in [3.8, 4) is 22.5 Å². The molecule has 1 aliphatic carbocycles. The molecule has 4 aromatic rings. The summed E-state index contributed by atoms with van der Waals surface area (Å²) in [6, 6.07) is 17.2. The molecule has 0 atom stereocenters. The largest absolute Gasteiger partial charge is 0.328 e. The highest BCUT2D eigenvalue weighted by atomic mass is 15.5. The molecule has 2 aromatic carbocycles. The molecule has 2 heterocycles. The summed E-state index contributed by atoms with van der Waals surface area (Å²) in [5.74, 6) is 3.64. The number of rotatable bonds is 7. The number of aromatic nitrogens is 7. The minimum absolute atomic E-state index is 0.309. The van der Waals surface area contributed by atoms with Crippen LogP contribution in [0.2, 0.25) is 0 Å². The number of tetrazole rings is 1. The molecule has 0 bridgehead atoms. The predicted molar refractivity (Wildman–Crippen MR) is 132 cm³/mol. The average molecular weight is 457 g/mol. The van der Waals surface area contributed by atoms with Gasteiger partial charge < -0.3 is 5.73 Å². The van der Waals surface area contributed by atoms with Crippen molar-refractivity contribution >= 4 is 0 Å². The van der Waals surface area contributed by atoms with E-state index in [1.165, 1.54) is 18.4 Å².